The smallest absolute Gasteiger partial charge is 0.123 e. The molecule has 4 aliphatic rings. The molecule has 21 heavy (non-hydrogen) atoms. The van der Waals surface area contributed by atoms with Gasteiger partial charge in [-0.2, -0.15) is 0 Å². The standard InChI is InChI=1S/C18H24FNO/c19-16-3-1-13(2-4-16)17(21)10-20-18-14-6-11-5-12(8-14)9-15(18)7-11/h1-4,11-12,14-15,17-18,20-21H,5-10H2. The average molecular weight is 289 g/mol. The van der Waals surface area contributed by atoms with Gasteiger partial charge in [0, 0.05) is 12.6 Å². The van der Waals surface area contributed by atoms with Crippen LogP contribution in [0.4, 0.5) is 4.39 Å². The summed E-state index contributed by atoms with van der Waals surface area (Å²) in [6.07, 6.45) is 6.48. The molecule has 1 atom stereocenters. The van der Waals surface area contributed by atoms with Crippen molar-refractivity contribution in [3.8, 4) is 0 Å². The minimum atomic E-state index is -0.539. The number of aliphatic hydroxyl groups excluding tert-OH is 1. The van der Waals surface area contributed by atoms with Crippen molar-refractivity contribution in [3.05, 3.63) is 35.6 Å². The van der Waals surface area contributed by atoms with Gasteiger partial charge in [0.15, 0.2) is 0 Å². The second-order valence-electron chi connectivity index (χ2n) is 7.43. The molecule has 0 heterocycles. The Labute approximate surface area is 125 Å². The molecular weight excluding hydrogens is 265 g/mol. The average Bonchev–Trinajstić information content (AvgIpc) is 2.46. The van der Waals surface area contributed by atoms with Crippen molar-refractivity contribution in [3.63, 3.8) is 0 Å². The lowest BCUT2D eigenvalue weighted by molar-refractivity contribution is -0.0173. The molecule has 0 aromatic heterocycles. The van der Waals surface area contributed by atoms with Gasteiger partial charge in [-0.05, 0) is 73.5 Å². The number of aliphatic hydroxyl groups is 1. The Morgan fingerprint density at radius 2 is 1.57 bits per heavy atom. The number of benzene rings is 1. The third-order valence-corrected chi connectivity index (χ3v) is 6.03. The molecule has 5 rings (SSSR count). The third kappa shape index (κ3) is 2.62. The van der Waals surface area contributed by atoms with Crippen LogP contribution in [0.1, 0.15) is 43.8 Å². The molecule has 4 fully saturated rings. The molecule has 0 radical (unpaired) electrons. The zero-order valence-corrected chi connectivity index (χ0v) is 12.3. The number of halogens is 1. The predicted octanol–water partition coefficient (Wildman–Crippen LogP) is 3.27. The molecular formula is C18H24FNO. The van der Waals surface area contributed by atoms with E-state index in [1.165, 1.54) is 44.2 Å². The molecule has 4 saturated carbocycles. The SMILES string of the molecule is OC(CNC1C2CC3CC(C2)CC1C3)c1ccc(F)cc1. The zero-order chi connectivity index (χ0) is 14.4. The third-order valence-electron chi connectivity index (χ3n) is 6.03. The van der Waals surface area contributed by atoms with Gasteiger partial charge in [0.2, 0.25) is 0 Å². The van der Waals surface area contributed by atoms with Gasteiger partial charge in [0.25, 0.3) is 0 Å². The summed E-state index contributed by atoms with van der Waals surface area (Å²) in [4.78, 5) is 0. The van der Waals surface area contributed by atoms with E-state index in [4.69, 9.17) is 0 Å². The maximum Gasteiger partial charge on any atom is 0.123 e. The Bertz CT molecular complexity index is 472. The summed E-state index contributed by atoms with van der Waals surface area (Å²) in [6, 6.07) is 6.79. The van der Waals surface area contributed by atoms with Gasteiger partial charge >= 0.3 is 0 Å². The van der Waals surface area contributed by atoms with Crippen LogP contribution in [0.25, 0.3) is 0 Å². The Morgan fingerprint density at radius 3 is 2.14 bits per heavy atom. The fraction of sp³-hybridized carbons (Fsp3) is 0.667. The van der Waals surface area contributed by atoms with Gasteiger partial charge in [-0.15, -0.1) is 0 Å². The normalized spacial score (nSPS) is 38.7. The summed E-state index contributed by atoms with van der Waals surface area (Å²) in [5, 5.41) is 13.9. The topological polar surface area (TPSA) is 32.3 Å². The Balaban J connectivity index is 1.37. The number of nitrogens with one attached hydrogen (secondary N) is 1. The van der Waals surface area contributed by atoms with E-state index in [9.17, 15) is 9.50 Å². The first kappa shape index (κ1) is 13.7. The number of hydrogen-bond donors (Lipinski definition) is 2. The summed E-state index contributed by atoms with van der Waals surface area (Å²) in [5.74, 6) is 3.35. The minimum Gasteiger partial charge on any atom is -0.387 e. The van der Waals surface area contributed by atoms with E-state index in [1.807, 2.05) is 0 Å². The molecule has 114 valence electrons. The summed E-state index contributed by atoms with van der Waals surface area (Å²) in [5.41, 5.74) is 0.799. The van der Waals surface area contributed by atoms with Crippen LogP contribution in [0.3, 0.4) is 0 Å². The van der Waals surface area contributed by atoms with Gasteiger partial charge in [-0.3, -0.25) is 0 Å². The van der Waals surface area contributed by atoms with Crippen molar-refractivity contribution in [2.24, 2.45) is 23.7 Å². The maximum atomic E-state index is 12.9. The van der Waals surface area contributed by atoms with Crippen molar-refractivity contribution in [1.82, 2.24) is 5.32 Å². The molecule has 0 amide bonds. The van der Waals surface area contributed by atoms with Crippen molar-refractivity contribution in [2.45, 2.75) is 44.2 Å². The van der Waals surface area contributed by atoms with E-state index >= 15 is 0 Å². The van der Waals surface area contributed by atoms with Crippen molar-refractivity contribution in [2.75, 3.05) is 6.54 Å². The largest absolute Gasteiger partial charge is 0.387 e. The molecule has 0 spiro atoms. The fourth-order valence-corrected chi connectivity index (χ4v) is 5.31. The maximum absolute atomic E-state index is 12.9. The predicted molar refractivity (Wildman–Crippen MR) is 80.2 cm³/mol. The van der Waals surface area contributed by atoms with Crippen LogP contribution in [0, 0.1) is 29.5 Å². The Kier molecular flexibility index (Phi) is 3.50. The molecule has 4 bridgehead atoms. The van der Waals surface area contributed by atoms with Crippen LogP contribution in [-0.2, 0) is 0 Å². The van der Waals surface area contributed by atoms with Crippen molar-refractivity contribution >= 4 is 0 Å². The van der Waals surface area contributed by atoms with E-state index < -0.39 is 6.10 Å². The van der Waals surface area contributed by atoms with Crippen LogP contribution >= 0.6 is 0 Å². The van der Waals surface area contributed by atoms with Crippen LogP contribution in [0.5, 0.6) is 0 Å². The number of hydrogen-bond acceptors (Lipinski definition) is 2. The van der Waals surface area contributed by atoms with Gasteiger partial charge < -0.3 is 10.4 Å². The molecule has 4 aliphatic carbocycles. The van der Waals surface area contributed by atoms with Crippen LogP contribution in [-0.4, -0.2) is 17.7 Å². The lowest BCUT2D eigenvalue weighted by Crippen LogP contribution is -2.55. The van der Waals surface area contributed by atoms with Crippen LogP contribution in [0.15, 0.2) is 24.3 Å². The first-order valence-corrected chi connectivity index (χ1v) is 8.36. The monoisotopic (exact) mass is 289 g/mol. The fourth-order valence-electron chi connectivity index (χ4n) is 5.31. The second-order valence-corrected chi connectivity index (χ2v) is 7.43. The molecule has 1 aromatic carbocycles. The minimum absolute atomic E-state index is 0.250. The highest BCUT2D eigenvalue weighted by atomic mass is 19.1. The van der Waals surface area contributed by atoms with Gasteiger partial charge in [-0.1, -0.05) is 12.1 Å². The van der Waals surface area contributed by atoms with E-state index in [-0.39, 0.29) is 5.82 Å². The van der Waals surface area contributed by atoms with Crippen LogP contribution < -0.4 is 5.32 Å². The molecule has 0 aliphatic heterocycles. The quantitative estimate of drug-likeness (QED) is 0.891. The second kappa shape index (κ2) is 5.36. The first-order valence-electron chi connectivity index (χ1n) is 8.36. The van der Waals surface area contributed by atoms with Gasteiger partial charge in [0.1, 0.15) is 5.82 Å². The highest BCUT2D eigenvalue weighted by Crippen LogP contribution is 2.53. The van der Waals surface area contributed by atoms with E-state index in [0.29, 0.717) is 12.6 Å². The molecule has 0 saturated heterocycles. The van der Waals surface area contributed by atoms with Crippen molar-refractivity contribution in [1.29, 1.82) is 0 Å². The molecule has 3 heteroatoms. The summed E-state index contributed by atoms with van der Waals surface area (Å²) >= 11 is 0. The summed E-state index contributed by atoms with van der Waals surface area (Å²) in [6.45, 7) is 0.582. The lowest BCUT2D eigenvalue weighted by Gasteiger charge is -2.54. The summed E-state index contributed by atoms with van der Waals surface area (Å²) < 4.78 is 12.9. The van der Waals surface area contributed by atoms with E-state index in [1.54, 1.807) is 12.1 Å². The Morgan fingerprint density at radius 1 is 1.00 bits per heavy atom. The molecule has 2 N–H and O–H groups in total. The molecule has 1 unspecified atom stereocenters. The number of rotatable bonds is 4. The first-order chi connectivity index (χ1) is 10.2. The van der Waals surface area contributed by atoms with Gasteiger partial charge in [-0.25, -0.2) is 4.39 Å². The highest BCUT2D eigenvalue weighted by molar-refractivity contribution is 5.18. The lowest BCUT2D eigenvalue weighted by atomic mass is 9.54. The Hall–Kier alpha value is -0.930. The molecule has 2 nitrogen and oxygen atoms in total. The van der Waals surface area contributed by atoms with E-state index in [0.717, 1.165) is 29.2 Å². The van der Waals surface area contributed by atoms with Crippen LogP contribution in [0.2, 0.25) is 0 Å². The van der Waals surface area contributed by atoms with Gasteiger partial charge in [0.05, 0.1) is 6.10 Å². The highest BCUT2D eigenvalue weighted by Gasteiger charge is 2.47. The zero-order valence-electron chi connectivity index (χ0n) is 12.3. The van der Waals surface area contributed by atoms with Crippen molar-refractivity contribution < 1.29 is 9.50 Å². The summed E-state index contributed by atoms with van der Waals surface area (Å²) in [7, 11) is 0. The van der Waals surface area contributed by atoms with E-state index in [2.05, 4.69) is 5.32 Å². The molecule has 1 aromatic rings.